The van der Waals surface area contributed by atoms with E-state index >= 15 is 0 Å². The Morgan fingerprint density at radius 2 is 1.91 bits per heavy atom. The average molecular weight is 320 g/mol. The first-order valence-electron chi connectivity index (χ1n) is 8.20. The summed E-state index contributed by atoms with van der Waals surface area (Å²) in [6.45, 7) is 2.87. The summed E-state index contributed by atoms with van der Waals surface area (Å²) in [5.41, 5.74) is 0. The summed E-state index contributed by atoms with van der Waals surface area (Å²) in [4.78, 5) is 25.2. The molecule has 0 spiro atoms. The predicted molar refractivity (Wildman–Crippen MR) is 85.0 cm³/mol. The zero-order valence-electron chi connectivity index (χ0n) is 13.5. The van der Waals surface area contributed by atoms with Gasteiger partial charge < -0.3 is 19.6 Å². The molecule has 2 aliphatic rings. The van der Waals surface area contributed by atoms with E-state index in [2.05, 4.69) is 14.9 Å². The van der Waals surface area contributed by atoms with Crippen molar-refractivity contribution in [2.75, 3.05) is 38.2 Å². The number of hydrogen-bond donors (Lipinski definition) is 1. The van der Waals surface area contributed by atoms with Crippen LogP contribution in [0.5, 0.6) is 0 Å². The molecule has 0 bridgehead atoms. The van der Waals surface area contributed by atoms with Crippen LogP contribution < -0.4 is 4.90 Å². The number of hydrogen-bond acceptors (Lipinski definition) is 6. The largest absolute Gasteiger partial charge is 0.390 e. The second-order valence-corrected chi connectivity index (χ2v) is 6.21. The maximum absolute atomic E-state index is 12.7. The molecule has 126 valence electrons. The summed E-state index contributed by atoms with van der Waals surface area (Å²) in [5.74, 6) is 0.871. The van der Waals surface area contributed by atoms with E-state index in [1.54, 1.807) is 25.6 Å². The van der Waals surface area contributed by atoms with Crippen molar-refractivity contribution in [3.05, 3.63) is 18.5 Å². The minimum absolute atomic E-state index is 0.0390. The molecule has 1 saturated carbocycles. The van der Waals surface area contributed by atoms with Gasteiger partial charge in [0, 0.05) is 51.6 Å². The number of amides is 1. The molecule has 0 aromatic carbocycles. The molecule has 1 N–H and O–H groups in total. The van der Waals surface area contributed by atoms with Crippen LogP contribution in [0.3, 0.4) is 0 Å². The van der Waals surface area contributed by atoms with Crippen molar-refractivity contribution in [1.82, 2.24) is 14.9 Å². The Hall–Kier alpha value is -1.73. The van der Waals surface area contributed by atoms with Gasteiger partial charge in [-0.05, 0) is 25.3 Å². The van der Waals surface area contributed by atoms with E-state index in [1.165, 1.54) is 0 Å². The number of piperazine rings is 1. The van der Waals surface area contributed by atoms with E-state index in [0.717, 1.165) is 25.5 Å². The van der Waals surface area contributed by atoms with Crippen LogP contribution in [0.15, 0.2) is 18.5 Å². The third-order valence-corrected chi connectivity index (χ3v) is 4.84. The molecule has 2 fully saturated rings. The van der Waals surface area contributed by atoms with Crippen molar-refractivity contribution in [2.45, 2.75) is 31.5 Å². The zero-order chi connectivity index (χ0) is 16.2. The minimum Gasteiger partial charge on any atom is -0.390 e. The van der Waals surface area contributed by atoms with Crippen molar-refractivity contribution in [3.63, 3.8) is 0 Å². The highest BCUT2D eigenvalue weighted by Crippen LogP contribution is 2.28. The lowest BCUT2D eigenvalue weighted by Crippen LogP contribution is -2.52. The topological polar surface area (TPSA) is 78.8 Å². The minimum atomic E-state index is -0.448. The summed E-state index contributed by atoms with van der Waals surface area (Å²) in [7, 11) is 1.60. The molecule has 0 unspecified atom stereocenters. The number of aliphatic hydroxyl groups is 1. The van der Waals surface area contributed by atoms with Crippen LogP contribution in [0.25, 0.3) is 0 Å². The highest BCUT2D eigenvalue weighted by atomic mass is 16.5. The Bertz CT molecular complexity index is 519. The SMILES string of the molecule is CO[C@@H]1C[C@H](C(=O)N2CCN(c3ncccn3)CC2)CC[C@@H]1O. The van der Waals surface area contributed by atoms with Gasteiger partial charge in [0.05, 0.1) is 12.2 Å². The Labute approximate surface area is 136 Å². The van der Waals surface area contributed by atoms with Crippen LogP contribution in [-0.4, -0.2) is 71.4 Å². The molecule has 23 heavy (non-hydrogen) atoms. The van der Waals surface area contributed by atoms with Gasteiger partial charge in [-0.15, -0.1) is 0 Å². The van der Waals surface area contributed by atoms with Crippen LogP contribution in [-0.2, 0) is 9.53 Å². The first-order valence-corrected chi connectivity index (χ1v) is 8.20. The smallest absolute Gasteiger partial charge is 0.225 e. The standard InChI is InChI=1S/C16H24N4O3/c1-23-14-11-12(3-4-13(14)21)15(22)19-7-9-20(10-8-19)16-17-5-2-6-18-16/h2,5-6,12-14,21H,3-4,7-11H2,1H3/t12-,13+,14-/m1/s1. The molecule has 2 heterocycles. The summed E-state index contributed by atoms with van der Waals surface area (Å²) in [6, 6.07) is 1.80. The van der Waals surface area contributed by atoms with Gasteiger partial charge in [0.2, 0.25) is 11.9 Å². The highest BCUT2D eigenvalue weighted by Gasteiger charge is 2.35. The maximum atomic E-state index is 12.7. The molecule has 7 nitrogen and oxygen atoms in total. The predicted octanol–water partition coefficient (Wildman–Crippen LogP) is 0.301. The van der Waals surface area contributed by atoms with Crippen LogP contribution in [0.1, 0.15) is 19.3 Å². The molecular weight excluding hydrogens is 296 g/mol. The molecule has 3 atom stereocenters. The van der Waals surface area contributed by atoms with Gasteiger partial charge in [0.15, 0.2) is 0 Å². The van der Waals surface area contributed by atoms with Crippen molar-refractivity contribution in [3.8, 4) is 0 Å². The van der Waals surface area contributed by atoms with E-state index in [0.29, 0.717) is 25.9 Å². The van der Waals surface area contributed by atoms with Crippen LogP contribution in [0.2, 0.25) is 0 Å². The van der Waals surface area contributed by atoms with Crippen molar-refractivity contribution >= 4 is 11.9 Å². The molecule has 7 heteroatoms. The second kappa shape index (κ2) is 7.23. The molecule has 1 aromatic rings. The van der Waals surface area contributed by atoms with Gasteiger partial charge in [0.1, 0.15) is 0 Å². The first kappa shape index (κ1) is 16.1. The van der Waals surface area contributed by atoms with E-state index < -0.39 is 6.10 Å². The fraction of sp³-hybridized carbons (Fsp3) is 0.688. The van der Waals surface area contributed by atoms with Crippen molar-refractivity contribution in [1.29, 1.82) is 0 Å². The number of methoxy groups -OCH3 is 1. The Morgan fingerprint density at radius 3 is 2.57 bits per heavy atom. The van der Waals surface area contributed by atoms with Crippen LogP contribution >= 0.6 is 0 Å². The first-order chi connectivity index (χ1) is 11.2. The van der Waals surface area contributed by atoms with Gasteiger partial charge >= 0.3 is 0 Å². The lowest BCUT2D eigenvalue weighted by Gasteiger charge is -2.38. The lowest BCUT2D eigenvalue weighted by atomic mass is 9.84. The lowest BCUT2D eigenvalue weighted by molar-refractivity contribution is -0.141. The van der Waals surface area contributed by atoms with Gasteiger partial charge in [-0.3, -0.25) is 4.79 Å². The summed E-state index contributed by atoms with van der Waals surface area (Å²) < 4.78 is 5.30. The Balaban J connectivity index is 1.54. The number of aliphatic hydroxyl groups excluding tert-OH is 1. The molecular formula is C16H24N4O3. The molecule has 3 rings (SSSR count). The highest BCUT2D eigenvalue weighted by molar-refractivity contribution is 5.79. The van der Waals surface area contributed by atoms with Crippen molar-refractivity contribution < 1.29 is 14.6 Å². The van der Waals surface area contributed by atoms with E-state index in [4.69, 9.17) is 4.74 Å². The number of rotatable bonds is 3. The fourth-order valence-electron chi connectivity index (χ4n) is 3.43. The molecule has 1 saturated heterocycles. The van der Waals surface area contributed by atoms with Gasteiger partial charge in [-0.25, -0.2) is 9.97 Å². The third kappa shape index (κ3) is 3.61. The van der Waals surface area contributed by atoms with E-state index in [1.807, 2.05) is 4.90 Å². The quantitative estimate of drug-likeness (QED) is 0.863. The number of aromatic nitrogens is 2. The van der Waals surface area contributed by atoms with E-state index in [9.17, 15) is 9.90 Å². The zero-order valence-corrected chi connectivity index (χ0v) is 13.5. The summed E-state index contributed by atoms with van der Waals surface area (Å²) in [6.07, 6.45) is 4.77. The molecule has 1 aliphatic carbocycles. The van der Waals surface area contributed by atoms with Gasteiger partial charge in [-0.2, -0.15) is 0 Å². The summed E-state index contributed by atoms with van der Waals surface area (Å²) in [5, 5.41) is 9.87. The third-order valence-electron chi connectivity index (χ3n) is 4.84. The summed E-state index contributed by atoms with van der Waals surface area (Å²) >= 11 is 0. The van der Waals surface area contributed by atoms with Gasteiger partial charge in [0.25, 0.3) is 0 Å². The van der Waals surface area contributed by atoms with Crippen molar-refractivity contribution in [2.24, 2.45) is 5.92 Å². The monoisotopic (exact) mass is 320 g/mol. The van der Waals surface area contributed by atoms with Gasteiger partial charge in [-0.1, -0.05) is 0 Å². The number of nitrogens with zero attached hydrogens (tertiary/aromatic N) is 4. The number of carbonyl (C=O) groups is 1. The number of ether oxygens (including phenoxy) is 1. The average Bonchev–Trinajstić information content (AvgIpc) is 2.62. The molecule has 1 aliphatic heterocycles. The second-order valence-electron chi connectivity index (χ2n) is 6.21. The normalized spacial score (nSPS) is 28.7. The number of anilines is 1. The van der Waals surface area contributed by atoms with E-state index in [-0.39, 0.29) is 17.9 Å². The molecule has 1 amide bonds. The van der Waals surface area contributed by atoms with Crippen LogP contribution in [0, 0.1) is 5.92 Å². The molecule has 1 aromatic heterocycles. The molecule has 0 radical (unpaired) electrons. The fourth-order valence-corrected chi connectivity index (χ4v) is 3.43. The number of carbonyl (C=O) groups excluding carboxylic acids is 1. The Morgan fingerprint density at radius 1 is 1.22 bits per heavy atom. The maximum Gasteiger partial charge on any atom is 0.225 e. The Kier molecular flexibility index (Phi) is 5.07. The van der Waals surface area contributed by atoms with Crippen LogP contribution in [0.4, 0.5) is 5.95 Å².